The van der Waals surface area contributed by atoms with Crippen molar-refractivity contribution in [3.05, 3.63) is 23.9 Å². The van der Waals surface area contributed by atoms with Crippen LogP contribution < -0.4 is 5.73 Å². The Labute approximate surface area is 117 Å². The summed E-state index contributed by atoms with van der Waals surface area (Å²) in [5.74, 6) is 0. The van der Waals surface area contributed by atoms with Gasteiger partial charge in [0, 0.05) is 18.8 Å². The maximum absolute atomic E-state index is 13.4. The fourth-order valence-corrected chi connectivity index (χ4v) is 2.79. The zero-order chi connectivity index (χ0) is 14.6. The Hall–Kier alpha value is -1.01. The summed E-state index contributed by atoms with van der Waals surface area (Å²) in [6.07, 6.45) is 0.583. The first-order valence-corrected chi connectivity index (χ1v) is 6.95. The molecule has 0 spiro atoms. The molecule has 0 radical (unpaired) electrons. The third kappa shape index (κ3) is 3.55. The molecule has 0 aromatic rings. The Balaban J connectivity index is 1.94. The van der Waals surface area contributed by atoms with Gasteiger partial charge < -0.3 is 10.5 Å². The number of ether oxygens (including phenoxy) is 1. The molecular weight excluding hydrogens is 269 g/mol. The maximum atomic E-state index is 13.4. The van der Waals surface area contributed by atoms with Crippen LogP contribution in [0, 0.1) is 5.41 Å². The lowest BCUT2D eigenvalue weighted by atomic mass is 9.76. The minimum atomic E-state index is -4.26. The minimum absolute atomic E-state index is 0.0136. The lowest BCUT2D eigenvalue weighted by Gasteiger charge is -2.35. The highest BCUT2D eigenvalue weighted by molar-refractivity contribution is 5.26. The lowest BCUT2D eigenvalue weighted by Crippen LogP contribution is -2.40. The average molecular weight is 290 g/mol. The lowest BCUT2D eigenvalue weighted by molar-refractivity contribution is -0.208. The van der Waals surface area contributed by atoms with Crippen molar-refractivity contribution in [2.75, 3.05) is 32.8 Å². The molecule has 0 aromatic carbocycles. The normalized spacial score (nSPS) is 28.4. The molecule has 2 rings (SSSR count). The monoisotopic (exact) mass is 290 g/mol. The van der Waals surface area contributed by atoms with E-state index in [0.717, 1.165) is 13.1 Å². The van der Waals surface area contributed by atoms with E-state index >= 15 is 0 Å². The Bertz CT molecular complexity index is 386. The van der Waals surface area contributed by atoms with Gasteiger partial charge in [0.1, 0.15) is 0 Å². The Morgan fingerprint density at radius 2 is 2.00 bits per heavy atom. The summed E-state index contributed by atoms with van der Waals surface area (Å²) in [5, 5.41) is 0. The molecule has 0 aromatic heterocycles. The van der Waals surface area contributed by atoms with Crippen molar-refractivity contribution in [2.24, 2.45) is 11.1 Å². The van der Waals surface area contributed by atoms with Gasteiger partial charge >= 0.3 is 6.18 Å². The molecule has 2 N–H and O–H groups in total. The predicted molar refractivity (Wildman–Crippen MR) is 71.0 cm³/mol. The molecule has 3 nitrogen and oxygen atoms in total. The van der Waals surface area contributed by atoms with Crippen molar-refractivity contribution in [2.45, 2.75) is 25.4 Å². The number of rotatable bonds is 4. The van der Waals surface area contributed by atoms with Gasteiger partial charge in [-0.25, -0.2) is 0 Å². The van der Waals surface area contributed by atoms with Crippen LogP contribution in [0.2, 0.25) is 0 Å². The quantitative estimate of drug-likeness (QED) is 0.864. The zero-order valence-electron chi connectivity index (χ0n) is 11.5. The topological polar surface area (TPSA) is 38.5 Å². The number of hydrogen-bond donors (Lipinski definition) is 1. The number of alkyl halides is 3. The molecule has 20 heavy (non-hydrogen) atoms. The summed E-state index contributed by atoms with van der Waals surface area (Å²) in [5.41, 5.74) is 3.98. The van der Waals surface area contributed by atoms with Gasteiger partial charge in [-0.1, -0.05) is 6.08 Å². The smallest absolute Gasteiger partial charge is 0.398 e. The summed E-state index contributed by atoms with van der Waals surface area (Å²) in [7, 11) is 0. The van der Waals surface area contributed by atoms with Gasteiger partial charge in [0.05, 0.1) is 18.6 Å². The van der Waals surface area contributed by atoms with E-state index in [0.29, 0.717) is 26.2 Å². The van der Waals surface area contributed by atoms with Crippen molar-refractivity contribution >= 4 is 0 Å². The van der Waals surface area contributed by atoms with Crippen LogP contribution in [-0.2, 0) is 4.74 Å². The van der Waals surface area contributed by atoms with Crippen LogP contribution in [-0.4, -0.2) is 43.9 Å². The van der Waals surface area contributed by atoms with E-state index in [9.17, 15) is 13.2 Å². The van der Waals surface area contributed by atoms with Gasteiger partial charge in [-0.15, -0.1) is 0 Å². The molecule has 1 aliphatic carbocycles. The third-order valence-corrected chi connectivity index (χ3v) is 4.00. The van der Waals surface area contributed by atoms with Crippen LogP contribution >= 0.6 is 0 Å². The summed E-state index contributed by atoms with van der Waals surface area (Å²) in [6.45, 7) is 3.62. The summed E-state index contributed by atoms with van der Waals surface area (Å²) in [6, 6.07) is 0. The molecule has 0 bridgehead atoms. The SMILES string of the molecule is NC1=CC(CCCN2CCOCC2)(C(F)(F)F)CC=C1. The van der Waals surface area contributed by atoms with Gasteiger partial charge in [-0.2, -0.15) is 13.2 Å². The minimum Gasteiger partial charge on any atom is -0.399 e. The first-order valence-electron chi connectivity index (χ1n) is 6.95. The molecule has 2 aliphatic rings. The first kappa shape index (κ1) is 15.4. The highest BCUT2D eigenvalue weighted by Crippen LogP contribution is 2.48. The highest BCUT2D eigenvalue weighted by Gasteiger charge is 2.52. The van der Waals surface area contributed by atoms with E-state index < -0.39 is 11.6 Å². The number of nitrogens with zero attached hydrogens (tertiary/aromatic N) is 1. The van der Waals surface area contributed by atoms with Crippen LogP contribution in [0.3, 0.4) is 0 Å². The van der Waals surface area contributed by atoms with Crippen molar-refractivity contribution in [3.63, 3.8) is 0 Å². The van der Waals surface area contributed by atoms with Crippen molar-refractivity contribution in [1.29, 1.82) is 0 Å². The number of halogens is 3. The summed E-state index contributed by atoms with van der Waals surface area (Å²) in [4.78, 5) is 2.15. The third-order valence-electron chi connectivity index (χ3n) is 4.00. The van der Waals surface area contributed by atoms with Gasteiger partial charge in [0.15, 0.2) is 0 Å². The number of morpholine rings is 1. The highest BCUT2D eigenvalue weighted by atomic mass is 19.4. The molecule has 1 aliphatic heterocycles. The van der Waals surface area contributed by atoms with Gasteiger partial charge in [-0.05, 0) is 38.0 Å². The Morgan fingerprint density at radius 1 is 1.30 bits per heavy atom. The van der Waals surface area contributed by atoms with Crippen LogP contribution in [0.25, 0.3) is 0 Å². The van der Waals surface area contributed by atoms with E-state index in [1.54, 1.807) is 6.08 Å². The van der Waals surface area contributed by atoms with Crippen molar-refractivity contribution in [1.82, 2.24) is 4.90 Å². The maximum Gasteiger partial charge on any atom is 0.398 e. The van der Waals surface area contributed by atoms with Crippen LogP contribution in [0.4, 0.5) is 13.2 Å². The van der Waals surface area contributed by atoms with Crippen LogP contribution in [0.5, 0.6) is 0 Å². The van der Waals surface area contributed by atoms with E-state index in [-0.39, 0.29) is 18.5 Å². The molecule has 6 heteroatoms. The second kappa shape index (κ2) is 6.18. The summed E-state index contributed by atoms with van der Waals surface area (Å²) >= 11 is 0. The average Bonchev–Trinajstić information content (AvgIpc) is 2.39. The van der Waals surface area contributed by atoms with Gasteiger partial charge in [-0.3, -0.25) is 4.90 Å². The zero-order valence-corrected chi connectivity index (χ0v) is 11.5. The fraction of sp³-hybridized carbons (Fsp3) is 0.714. The molecule has 1 fully saturated rings. The first-order chi connectivity index (χ1) is 9.43. The molecule has 0 amide bonds. The van der Waals surface area contributed by atoms with Gasteiger partial charge in [0.25, 0.3) is 0 Å². The standard InChI is InChI=1S/C14H21F3N2O/c15-14(16,17)13(4-1-3-12(18)11-13)5-2-6-19-7-9-20-10-8-19/h1,3,11H,2,4-10,18H2. The molecule has 114 valence electrons. The van der Waals surface area contributed by atoms with Crippen molar-refractivity contribution in [3.8, 4) is 0 Å². The second-order valence-corrected chi connectivity index (χ2v) is 5.46. The number of hydrogen-bond acceptors (Lipinski definition) is 3. The molecule has 0 saturated carbocycles. The van der Waals surface area contributed by atoms with E-state index in [4.69, 9.17) is 10.5 Å². The van der Waals surface area contributed by atoms with Crippen LogP contribution in [0.15, 0.2) is 23.9 Å². The molecule has 1 saturated heterocycles. The second-order valence-electron chi connectivity index (χ2n) is 5.46. The molecule has 1 atom stereocenters. The Morgan fingerprint density at radius 3 is 2.60 bits per heavy atom. The van der Waals surface area contributed by atoms with Gasteiger partial charge in [0.2, 0.25) is 0 Å². The summed E-state index contributed by atoms with van der Waals surface area (Å²) < 4.78 is 45.3. The predicted octanol–water partition coefficient (Wildman–Crippen LogP) is 2.45. The largest absolute Gasteiger partial charge is 0.399 e. The molecular formula is C14H21F3N2O. The number of allylic oxidation sites excluding steroid dienone is 3. The van der Waals surface area contributed by atoms with E-state index in [1.807, 2.05) is 0 Å². The van der Waals surface area contributed by atoms with Crippen LogP contribution in [0.1, 0.15) is 19.3 Å². The van der Waals surface area contributed by atoms with E-state index in [1.165, 1.54) is 12.2 Å². The number of nitrogens with two attached hydrogens (primary N) is 1. The Kier molecular flexibility index (Phi) is 4.75. The van der Waals surface area contributed by atoms with Crippen molar-refractivity contribution < 1.29 is 17.9 Å². The van der Waals surface area contributed by atoms with E-state index in [2.05, 4.69) is 4.90 Å². The molecule has 1 unspecified atom stereocenters. The fourth-order valence-electron chi connectivity index (χ4n) is 2.79. The molecule has 1 heterocycles.